The van der Waals surface area contributed by atoms with Crippen LogP contribution in [0.25, 0.3) is 0 Å². The third-order valence-corrected chi connectivity index (χ3v) is 7.12. The number of anilines is 1. The molecule has 2 aliphatic carbocycles. The molecular formula is C27H26N2O5. The lowest BCUT2D eigenvalue weighted by molar-refractivity contribution is -0.160. The Bertz CT molecular complexity index is 1140. The van der Waals surface area contributed by atoms with Crippen LogP contribution in [0, 0.1) is 30.6 Å². The predicted molar refractivity (Wildman–Crippen MR) is 124 cm³/mol. The fraction of sp³-hybridized carbons (Fsp3) is 0.333. The van der Waals surface area contributed by atoms with Gasteiger partial charge >= 0.3 is 5.97 Å². The van der Waals surface area contributed by atoms with Crippen molar-refractivity contribution >= 4 is 29.4 Å². The number of amides is 3. The maximum atomic E-state index is 13.3. The molecule has 1 heterocycles. The second-order valence-electron chi connectivity index (χ2n) is 9.22. The summed E-state index contributed by atoms with van der Waals surface area (Å²) in [6, 6.07) is 15.4. The van der Waals surface area contributed by atoms with E-state index >= 15 is 0 Å². The lowest BCUT2D eigenvalue weighted by Gasteiger charge is -2.26. The molecule has 1 saturated carbocycles. The lowest BCUT2D eigenvalue weighted by Crippen LogP contribution is -2.48. The van der Waals surface area contributed by atoms with E-state index in [0.717, 1.165) is 22.4 Å². The zero-order chi connectivity index (χ0) is 23.8. The molecule has 7 heteroatoms. The molecule has 3 amide bonds. The van der Waals surface area contributed by atoms with Gasteiger partial charge in [0.15, 0.2) is 6.61 Å². The quantitative estimate of drug-likeness (QED) is 0.391. The predicted octanol–water partition coefficient (Wildman–Crippen LogP) is 2.90. The van der Waals surface area contributed by atoms with Crippen LogP contribution in [0.3, 0.4) is 0 Å². The van der Waals surface area contributed by atoms with Gasteiger partial charge in [0.05, 0.1) is 11.8 Å². The van der Waals surface area contributed by atoms with Crippen molar-refractivity contribution in [3.63, 3.8) is 0 Å². The number of rotatable bonds is 7. The first-order chi connectivity index (χ1) is 16.4. The minimum absolute atomic E-state index is 0.0461. The third kappa shape index (κ3) is 3.91. The van der Waals surface area contributed by atoms with Gasteiger partial charge in [-0.15, -0.1) is 0 Å². The Morgan fingerprint density at radius 3 is 2.24 bits per heavy atom. The summed E-state index contributed by atoms with van der Waals surface area (Å²) in [7, 11) is 0. The second kappa shape index (κ2) is 8.89. The Hall–Kier alpha value is -3.74. The first kappa shape index (κ1) is 22.1. The van der Waals surface area contributed by atoms with Gasteiger partial charge in [0.2, 0.25) is 11.8 Å². The minimum Gasteiger partial charge on any atom is -0.454 e. The molecule has 7 nitrogen and oxygen atoms in total. The van der Waals surface area contributed by atoms with E-state index in [1.165, 1.54) is 0 Å². The number of allylic oxidation sites excluding steroid dienone is 2. The van der Waals surface area contributed by atoms with Gasteiger partial charge in [0, 0.05) is 12.1 Å². The highest BCUT2D eigenvalue weighted by Crippen LogP contribution is 2.53. The Morgan fingerprint density at radius 2 is 1.59 bits per heavy atom. The van der Waals surface area contributed by atoms with E-state index in [-0.39, 0.29) is 30.1 Å². The van der Waals surface area contributed by atoms with Crippen LogP contribution in [-0.4, -0.2) is 41.2 Å². The van der Waals surface area contributed by atoms with Gasteiger partial charge in [-0.3, -0.25) is 19.3 Å². The van der Waals surface area contributed by atoms with Crippen LogP contribution in [-0.2, 0) is 30.3 Å². The van der Waals surface area contributed by atoms with Crippen molar-refractivity contribution in [2.45, 2.75) is 25.8 Å². The molecule has 0 spiro atoms. The summed E-state index contributed by atoms with van der Waals surface area (Å²) < 4.78 is 5.34. The molecule has 2 aromatic carbocycles. The summed E-state index contributed by atoms with van der Waals surface area (Å²) in [5.41, 5.74) is 2.31. The molecule has 0 unspecified atom stereocenters. The number of likely N-dealkylation sites (tertiary alicyclic amines) is 1. The van der Waals surface area contributed by atoms with Crippen LogP contribution in [0.2, 0.25) is 0 Å². The van der Waals surface area contributed by atoms with E-state index in [1.807, 2.05) is 61.5 Å². The van der Waals surface area contributed by atoms with E-state index < -0.39 is 36.4 Å². The van der Waals surface area contributed by atoms with Gasteiger partial charge in [0.1, 0.15) is 6.04 Å². The number of hydrogen-bond acceptors (Lipinski definition) is 5. The van der Waals surface area contributed by atoms with E-state index in [1.54, 1.807) is 12.1 Å². The van der Waals surface area contributed by atoms with Gasteiger partial charge in [-0.05, 0) is 42.4 Å². The van der Waals surface area contributed by atoms with Crippen LogP contribution in [0.15, 0.2) is 66.7 Å². The number of hydrogen-bond donors (Lipinski definition) is 1. The van der Waals surface area contributed by atoms with Gasteiger partial charge < -0.3 is 10.1 Å². The molecule has 1 saturated heterocycles. The first-order valence-corrected chi connectivity index (χ1v) is 11.6. The highest BCUT2D eigenvalue weighted by atomic mass is 16.5. The Labute approximate surface area is 197 Å². The average molecular weight is 459 g/mol. The number of benzene rings is 2. The van der Waals surface area contributed by atoms with Gasteiger partial charge in [-0.25, -0.2) is 4.79 Å². The van der Waals surface area contributed by atoms with Crippen LogP contribution in [0.1, 0.15) is 17.5 Å². The summed E-state index contributed by atoms with van der Waals surface area (Å²) in [6.07, 6.45) is 4.98. The molecule has 174 valence electrons. The number of nitrogens with zero attached hydrogens (tertiary/aromatic N) is 1. The Morgan fingerprint density at radius 1 is 0.971 bits per heavy atom. The van der Waals surface area contributed by atoms with Gasteiger partial charge in [-0.2, -0.15) is 0 Å². The van der Waals surface area contributed by atoms with Crippen LogP contribution in [0.5, 0.6) is 0 Å². The van der Waals surface area contributed by atoms with Crippen molar-refractivity contribution in [3.05, 3.63) is 77.9 Å². The maximum absolute atomic E-state index is 13.3. The largest absolute Gasteiger partial charge is 0.454 e. The number of carbonyl (C=O) groups excluding carboxylic acids is 4. The molecular weight excluding hydrogens is 432 g/mol. The van der Waals surface area contributed by atoms with Crippen LogP contribution >= 0.6 is 0 Å². The molecule has 1 N–H and O–H groups in total. The number of carbonyl (C=O) groups is 4. The van der Waals surface area contributed by atoms with Crippen molar-refractivity contribution in [2.24, 2.45) is 23.7 Å². The van der Waals surface area contributed by atoms with Crippen LogP contribution in [0.4, 0.5) is 5.69 Å². The summed E-state index contributed by atoms with van der Waals surface area (Å²) >= 11 is 0. The van der Waals surface area contributed by atoms with E-state index in [2.05, 4.69) is 5.32 Å². The molecule has 0 aromatic heterocycles. The van der Waals surface area contributed by atoms with Gasteiger partial charge in [0.25, 0.3) is 5.91 Å². The summed E-state index contributed by atoms with van der Waals surface area (Å²) in [5, 5.41) is 2.72. The van der Waals surface area contributed by atoms with Crippen molar-refractivity contribution in [1.29, 1.82) is 0 Å². The molecule has 34 heavy (non-hydrogen) atoms. The number of nitrogens with one attached hydrogen (secondary N) is 1. The number of imide groups is 1. The topological polar surface area (TPSA) is 92.8 Å². The average Bonchev–Trinajstić information content (AvgIpc) is 3.52. The van der Waals surface area contributed by atoms with E-state index in [0.29, 0.717) is 5.69 Å². The third-order valence-electron chi connectivity index (χ3n) is 7.12. The summed E-state index contributed by atoms with van der Waals surface area (Å²) in [4.78, 5) is 53.3. The Balaban J connectivity index is 1.32. The molecule has 5 atom stereocenters. The molecule has 2 fully saturated rings. The Kier molecular flexibility index (Phi) is 5.77. The number of ether oxygens (including phenoxy) is 1. The van der Waals surface area contributed by atoms with Crippen molar-refractivity contribution in [2.75, 3.05) is 11.9 Å². The maximum Gasteiger partial charge on any atom is 0.330 e. The minimum atomic E-state index is -1.11. The van der Waals surface area contributed by atoms with Crippen molar-refractivity contribution < 1.29 is 23.9 Å². The molecule has 2 bridgehead atoms. The number of fused-ring (bicyclic) bond motifs is 5. The number of aryl methyl sites for hydroxylation is 1. The second-order valence-corrected chi connectivity index (χ2v) is 9.22. The smallest absolute Gasteiger partial charge is 0.330 e. The lowest BCUT2D eigenvalue weighted by atomic mass is 9.85. The van der Waals surface area contributed by atoms with Crippen molar-refractivity contribution in [3.8, 4) is 0 Å². The molecule has 2 aromatic rings. The summed E-state index contributed by atoms with van der Waals surface area (Å²) in [6.45, 7) is 1.36. The molecule has 1 aliphatic heterocycles. The fourth-order valence-corrected chi connectivity index (χ4v) is 5.48. The zero-order valence-corrected chi connectivity index (χ0v) is 18.8. The monoisotopic (exact) mass is 458 g/mol. The van der Waals surface area contributed by atoms with Gasteiger partial charge in [-0.1, -0.05) is 60.7 Å². The van der Waals surface area contributed by atoms with E-state index in [9.17, 15) is 19.2 Å². The fourth-order valence-electron chi connectivity index (χ4n) is 5.48. The summed E-state index contributed by atoms with van der Waals surface area (Å²) in [5.74, 6) is -2.58. The normalized spacial score (nSPS) is 25.4. The first-order valence-electron chi connectivity index (χ1n) is 11.6. The highest BCUT2D eigenvalue weighted by Gasteiger charge is 2.61. The SMILES string of the molecule is Cc1ccccc1NC(=O)COC(=O)[C@H](Cc1ccccc1)N1C(=O)[C@@H]2[C@H](C1=O)[C@H]1C=C[C@H]2C1. The molecule has 3 aliphatic rings. The number of para-hydroxylation sites is 1. The molecule has 0 radical (unpaired) electrons. The van der Waals surface area contributed by atoms with E-state index in [4.69, 9.17) is 4.74 Å². The highest BCUT2D eigenvalue weighted by molar-refractivity contribution is 6.09. The number of esters is 1. The molecule has 5 rings (SSSR count). The standard InChI is InChI=1S/C27H26N2O5/c1-16-7-5-6-10-20(16)28-22(30)15-34-27(33)21(13-17-8-3-2-4-9-17)29-25(31)23-18-11-12-19(14-18)24(23)26(29)32/h2-12,18-19,21,23-24H,13-15H2,1H3,(H,28,30)/t18-,19-,21-,23-,24+/m0/s1. The van der Waals surface area contributed by atoms with Crippen molar-refractivity contribution in [1.82, 2.24) is 4.90 Å². The zero-order valence-electron chi connectivity index (χ0n) is 18.8. The van der Waals surface area contributed by atoms with Crippen LogP contribution < -0.4 is 5.32 Å².